The van der Waals surface area contributed by atoms with Crippen molar-refractivity contribution in [3.05, 3.63) is 0 Å². The number of ether oxygens (including phenoxy) is 1. The molecule has 0 aliphatic carbocycles. The Balaban J connectivity index is 3.51. The van der Waals surface area contributed by atoms with Gasteiger partial charge in [0.05, 0.1) is 5.75 Å². The van der Waals surface area contributed by atoms with Gasteiger partial charge in [-0.2, -0.15) is 0 Å². The maximum absolute atomic E-state index is 11.4. The Morgan fingerprint density at radius 3 is 2.44 bits per heavy atom. The molecule has 0 aromatic carbocycles. The first-order chi connectivity index (χ1) is 7.48. The molecule has 0 unspecified atom stereocenters. The maximum atomic E-state index is 11.4. The first-order valence-corrected chi connectivity index (χ1v) is 7.33. The summed E-state index contributed by atoms with van der Waals surface area (Å²) >= 11 is 0. The van der Waals surface area contributed by atoms with Gasteiger partial charge in [0.15, 0.2) is 0 Å². The highest BCUT2D eigenvalue weighted by Gasteiger charge is 2.08. The van der Waals surface area contributed by atoms with Gasteiger partial charge >= 0.3 is 0 Å². The molecule has 0 amide bonds. The van der Waals surface area contributed by atoms with E-state index in [4.69, 9.17) is 4.74 Å². The van der Waals surface area contributed by atoms with Gasteiger partial charge in [-0.05, 0) is 19.4 Å². The second kappa shape index (κ2) is 8.92. The average molecular weight is 252 g/mol. The second-order valence-electron chi connectivity index (χ2n) is 4.02. The van der Waals surface area contributed by atoms with E-state index in [2.05, 4.69) is 23.9 Å². The lowest BCUT2D eigenvalue weighted by Crippen LogP contribution is -2.31. The normalized spacial score (nSPS) is 12.2. The molecule has 0 saturated heterocycles. The van der Waals surface area contributed by atoms with Crippen molar-refractivity contribution in [1.29, 1.82) is 0 Å². The minimum absolute atomic E-state index is 0.137. The molecule has 0 spiro atoms. The third-order valence-corrected chi connectivity index (χ3v) is 3.46. The van der Waals surface area contributed by atoms with Crippen molar-refractivity contribution in [2.75, 3.05) is 32.6 Å². The molecule has 0 radical (unpaired) electrons. The number of hydrogen-bond acceptors (Lipinski definition) is 4. The first kappa shape index (κ1) is 15.8. The number of hydrogen-bond donors (Lipinski definition) is 2. The molecule has 0 aliphatic rings. The fraction of sp³-hybridized carbons (Fsp3) is 1.00. The standard InChI is InChI=1S/C10H24N2O3S/c1-10(2)11-6-4-7-12-16(13,14)9-5-8-15-3/h10-12H,4-9H2,1-3H3. The van der Waals surface area contributed by atoms with E-state index in [9.17, 15) is 8.42 Å². The SMILES string of the molecule is COCCCS(=O)(=O)NCCCNC(C)C. The molecule has 5 nitrogen and oxygen atoms in total. The molecule has 6 heteroatoms. The molecule has 98 valence electrons. The Morgan fingerprint density at radius 1 is 1.19 bits per heavy atom. The van der Waals surface area contributed by atoms with Gasteiger partial charge < -0.3 is 10.1 Å². The average Bonchev–Trinajstić information content (AvgIpc) is 2.16. The summed E-state index contributed by atoms with van der Waals surface area (Å²) in [5.74, 6) is 0.137. The number of methoxy groups -OCH3 is 1. The summed E-state index contributed by atoms with van der Waals surface area (Å²) in [7, 11) is -1.55. The van der Waals surface area contributed by atoms with E-state index in [0.29, 0.717) is 25.6 Å². The van der Waals surface area contributed by atoms with E-state index >= 15 is 0 Å². The fourth-order valence-corrected chi connectivity index (χ4v) is 2.27. The molecular weight excluding hydrogens is 228 g/mol. The summed E-state index contributed by atoms with van der Waals surface area (Å²) in [5, 5.41) is 3.23. The van der Waals surface area contributed by atoms with Crippen LogP contribution >= 0.6 is 0 Å². The zero-order valence-corrected chi connectivity index (χ0v) is 11.3. The molecule has 0 bridgehead atoms. The largest absolute Gasteiger partial charge is 0.385 e. The van der Waals surface area contributed by atoms with Gasteiger partial charge in [-0.1, -0.05) is 13.8 Å². The molecule has 0 aliphatic heterocycles. The van der Waals surface area contributed by atoms with Crippen molar-refractivity contribution in [3.8, 4) is 0 Å². The third-order valence-electron chi connectivity index (χ3n) is 1.99. The monoisotopic (exact) mass is 252 g/mol. The summed E-state index contributed by atoms with van der Waals surface area (Å²) in [6.07, 6.45) is 1.35. The second-order valence-corrected chi connectivity index (χ2v) is 5.95. The Hall–Kier alpha value is -0.170. The number of sulfonamides is 1. The number of nitrogens with one attached hydrogen (secondary N) is 2. The summed E-state index contributed by atoms with van der Waals surface area (Å²) in [4.78, 5) is 0. The van der Waals surface area contributed by atoms with E-state index in [1.54, 1.807) is 7.11 Å². The van der Waals surface area contributed by atoms with Crippen LogP contribution < -0.4 is 10.0 Å². The van der Waals surface area contributed by atoms with Crippen LogP contribution in [0.3, 0.4) is 0 Å². The molecule has 2 N–H and O–H groups in total. The summed E-state index contributed by atoms with van der Waals surface area (Å²) < 4.78 is 30.2. The lowest BCUT2D eigenvalue weighted by Gasteiger charge is -2.09. The Morgan fingerprint density at radius 2 is 1.88 bits per heavy atom. The van der Waals surface area contributed by atoms with Gasteiger partial charge in [-0.15, -0.1) is 0 Å². The summed E-state index contributed by atoms with van der Waals surface area (Å²) in [6.45, 7) is 5.94. The molecule has 16 heavy (non-hydrogen) atoms. The molecule has 0 aromatic rings. The van der Waals surface area contributed by atoms with Crippen LogP contribution in [0.25, 0.3) is 0 Å². The smallest absolute Gasteiger partial charge is 0.211 e. The molecular formula is C10H24N2O3S. The van der Waals surface area contributed by atoms with Gasteiger partial charge in [0, 0.05) is 26.3 Å². The van der Waals surface area contributed by atoms with Crippen molar-refractivity contribution in [1.82, 2.24) is 10.0 Å². The molecule has 0 atom stereocenters. The van der Waals surface area contributed by atoms with Crippen molar-refractivity contribution in [2.45, 2.75) is 32.7 Å². The highest BCUT2D eigenvalue weighted by Crippen LogP contribution is 1.90. The van der Waals surface area contributed by atoms with Crippen molar-refractivity contribution >= 4 is 10.0 Å². The van der Waals surface area contributed by atoms with E-state index < -0.39 is 10.0 Å². The predicted octanol–water partition coefficient (Wildman–Crippen LogP) is 0.330. The molecule has 0 fully saturated rings. The van der Waals surface area contributed by atoms with Crippen LogP contribution in [-0.4, -0.2) is 47.0 Å². The van der Waals surface area contributed by atoms with E-state index in [1.807, 2.05) is 0 Å². The van der Waals surface area contributed by atoms with Crippen LogP contribution in [0.1, 0.15) is 26.7 Å². The van der Waals surface area contributed by atoms with Gasteiger partial charge in [-0.3, -0.25) is 0 Å². The fourth-order valence-electron chi connectivity index (χ4n) is 1.17. The topological polar surface area (TPSA) is 67.4 Å². The molecule has 0 rings (SSSR count). The lowest BCUT2D eigenvalue weighted by atomic mass is 10.3. The lowest BCUT2D eigenvalue weighted by molar-refractivity contribution is 0.199. The van der Waals surface area contributed by atoms with Crippen LogP contribution in [0.5, 0.6) is 0 Å². The zero-order valence-electron chi connectivity index (χ0n) is 10.5. The van der Waals surface area contributed by atoms with Crippen LogP contribution in [0, 0.1) is 0 Å². The summed E-state index contributed by atoms with van der Waals surface area (Å²) in [5.41, 5.74) is 0. The maximum Gasteiger partial charge on any atom is 0.211 e. The molecule has 0 aromatic heterocycles. The van der Waals surface area contributed by atoms with Crippen molar-refractivity contribution in [3.63, 3.8) is 0 Å². The number of rotatable bonds is 10. The predicted molar refractivity (Wildman–Crippen MR) is 66.0 cm³/mol. The van der Waals surface area contributed by atoms with E-state index in [-0.39, 0.29) is 5.75 Å². The van der Waals surface area contributed by atoms with Gasteiger partial charge in [0.25, 0.3) is 0 Å². The first-order valence-electron chi connectivity index (χ1n) is 5.67. The van der Waals surface area contributed by atoms with Crippen LogP contribution in [-0.2, 0) is 14.8 Å². The van der Waals surface area contributed by atoms with E-state index in [1.165, 1.54) is 0 Å². The van der Waals surface area contributed by atoms with Crippen molar-refractivity contribution < 1.29 is 13.2 Å². The van der Waals surface area contributed by atoms with Gasteiger partial charge in [0.1, 0.15) is 0 Å². The minimum Gasteiger partial charge on any atom is -0.385 e. The van der Waals surface area contributed by atoms with Crippen molar-refractivity contribution in [2.24, 2.45) is 0 Å². The van der Waals surface area contributed by atoms with Crippen LogP contribution in [0.4, 0.5) is 0 Å². The van der Waals surface area contributed by atoms with Gasteiger partial charge in [0.2, 0.25) is 10.0 Å². The van der Waals surface area contributed by atoms with Crippen LogP contribution in [0.15, 0.2) is 0 Å². The van der Waals surface area contributed by atoms with E-state index in [0.717, 1.165) is 13.0 Å². The Bertz CT molecular complexity index is 253. The van der Waals surface area contributed by atoms with Crippen LogP contribution in [0.2, 0.25) is 0 Å². The summed E-state index contributed by atoms with van der Waals surface area (Å²) in [6, 6.07) is 0.443. The minimum atomic E-state index is -3.11. The quantitative estimate of drug-likeness (QED) is 0.550. The highest BCUT2D eigenvalue weighted by molar-refractivity contribution is 7.89. The third kappa shape index (κ3) is 10.4. The zero-order chi connectivity index (χ0) is 12.4. The Kier molecular flexibility index (Phi) is 8.83. The Labute approximate surface area is 99.0 Å². The molecule has 0 saturated carbocycles. The highest BCUT2D eigenvalue weighted by atomic mass is 32.2. The van der Waals surface area contributed by atoms with Gasteiger partial charge in [-0.25, -0.2) is 13.1 Å². The molecule has 0 heterocycles.